The standard InChI is InChI=1S/C66H52N2/c1-5-13-49(14-6-1)55-25-37-61(38-26-55)67(62-39-27-56(28-40-62)50-15-7-2-8-16-50)65-45-33-59(34-46-65)53-21-23-54(24-22-53)60-35-47-66(48-36-60)68(63-41-29-57(30-42-63)51-17-9-3-10-18-51)64-43-31-58(32-44-64)52-19-11-4-12-20-52/h1-27,29-31,33-48,56,58H,28,32H2. The normalized spacial score (nSPS) is 15.3. The lowest BCUT2D eigenvalue weighted by atomic mass is 9.91. The van der Waals surface area contributed by atoms with Gasteiger partial charge in [-0.1, -0.05) is 218 Å². The Balaban J connectivity index is 0.835. The van der Waals surface area contributed by atoms with E-state index < -0.39 is 0 Å². The van der Waals surface area contributed by atoms with Gasteiger partial charge in [0.1, 0.15) is 0 Å². The van der Waals surface area contributed by atoms with Crippen molar-refractivity contribution in [3.63, 3.8) is 0 Å². The van der Waals surface area contributed by atoms with Gasteiger partial charge in [-0.25, -0.2) is 0 Å². The maximum absolute atomic E-state index is 2.38. The zero-order valence-corrected chi connectivity index (χ0v) is 38.0. The van der Waals surface area contributed by atoms with Crippen molar-refractivity contribution in [1.82, 2.24) is 0 Å². The van der Waals surface area contributed by atoms with Crippen LogP contribution in [0.25, 0.3) is 44.5 Å². The van der Waals surface area contributed by atoms with E-state index in [0.717, 1.165) is 35.6 Å². The van der Waals surface area contributed by atoms with Crippen LogP contribution in [0.1, 0.15) is 35.8 Å². The van der Waals surface area contributed by atoms with E-state index in [1.54, 1.807) is 0 Å². The first-order chi connectivity index (χ1) is 33.7. The minimum Gasteiger partial charge on any atom is -0.311 e. The predicted octanol–water partition coefficient (Wildman–Crippen LogP) is 17.9. The summed E-state index contributed by atoms with van der Waals surface area (Å²) in [5.41, 5.74) is 19.2. The van der Waals surface area contributed by atoms with Crippen LogP contribution in [0.2, 0.25) is 0 Å². The molecule has 11 rings (SSSR count). The molecule has 0 aliphatic heterocycles. The molecule has 326 valence electrons. The third kappa shape index (κ3) is 9.18. The third-order valence-electron chi connectivity index (χ3n) is 13.4. The Morgan fingerprint density at radius 1 is 0.250 bits per heavy atom. The first-order valence-electron chi connectivity index (χ1n) is 23.8. The topological polar surface area (TPSA) is 6.48 Å². The van der Waals surface area contributed by atoms with Gasteiger partial charge in [0.15, 0.2) is 0 Å². The SMILES string of the molecule is C1=CC(c2ccccc2)CC=C1N(c1ccc(-c2ccccc2)cc1)c1ccc(-c2ccc(-c3ccc(N(C4=CCC(c5ccccc5)C=C4)c4ccc(-c5ccccc5)cc4)cc3)cc2)cc1. The summed E-state index contributed by atoms with van der Waals surface area (Å²) in [7, 11) is 0. The van der Waals surface area contributed by atoms with E-state index in [4.69, 9.17) is 0 Å². The van der Waals surface area contributed by atoms with Gasteiger partial charge in [0.25, 0.3) is 0 Å². The Hall–Kier alpha value is -8.46. The fourth-order valence-corrected chi connectivity index (χ4v) is 9.67. The van der Waals surface area contributed by atoms with Gasteiger partial charge in [0, 0.05) is 46.0 Å². The summed E-state index contributed by atoms with van der Waals surface area (Å²) < 4.78 is 0. The van der Waals surface area contributed by atoms with Crippen molar-refractivity contribution in [2.45, 2.75) is 24.7 Å². The van der Waals surface area contributed by atoms with Crippen LogP contribution in [-0.4, -0.2) is 0 Å². The maximum Gasteiger partial charge on any atom is 0.0461 e. The molecule has 2 aliphatic carbocycles. The summed E-state index contributed by atoms with van der Waals surface area (Å²) >= 11 is 0. The summed E-state index contributed by atoms with van der Waals surface area (Å²) in [4.78, 5) is 4.76. The highest BCUT2D eigenvalue weighted by atomic mass is 15.2. The van der Waals surface area contributed by atoms with Gasteiger partial charge in [-0.3, -0.25) is 0 Å². The molecule has 0 aromatic heterocycles. The fourth-order valence-electron chi connectivity index (χ4n) is 9.67. The van der Waals surface area contributed by atoms with Crippen molar-refractivity contribution in [3.8, 4) is 44.5 Å². The molecule has 0 N–H and O–H groups in total. The number of benzene rings is 9. The molecule has 2 aliphatic rings. The summed E-state index contributed by atoms with van der Waals surface area (Å²) in [6.07, 6.45) is 16.0. The number of hydrogen-bond donors (Lipinski definition) is 0. The van der Waals surface area contributed by atoms with Crippen LogP contribution in [0.15, 0.2) is 291 Å². The van der Waals surface area contributed by atoms with Crippen molar-refractivity contribution >= 4 is 22.7 Å². The van der Waals surface area contributed by atoms with Gasteiger partial charge in [-0.2, -0.15) is 0 Å². The summed E-state index contributed by atoms with van der Waals surface area (Å²) in [5, 5.41) is 0. The smallest absolute Gasteiger partial charge is 0.0461 e. The molecule has 0 saturated carbocycles. The van der Waals surface area contributed by atoms with Crippen molar-refractivity contribution in [2.24, 2.45) is 0 Å². The van der Waals surface area contributed by atoms with Crippen LogP contribution < -0.4 is 9.80 Å². The molecule has 68 heavy (non-hydrogen) atoms. The second-order valence-electron chi connectivity index (χ2n) is 17.6. The highest BCUT2D eigenvalue weighted by Crippen LogP contribution is 2.40. The third-order valence-corrected chi connectivity index (χ3v) is 13.4. The van der Waals surface area contributed by atoms with Gasteiger partial charge in [-0.15, -0.1) is 0 Å². The molecular weight excluding hydrogens is 821 g/mol. The highest BCUT2D eigenvalue weighted by molar-refractivity contribution is 5.79. The second kappa shape index (κ2) is 19.6. The van der Waals surface area contributed by atoms with Crippen LogP contribution >= 0.6 is 0 Å². The van der Waals surface area contributed by atoms with E-state index >= 15 is 0 Å². The Labute approximate surface area is 401 Å². The molecule has 0 heterocycles. The highest BCUT2D eigenvalue weighted by Gasteiger charge is 2.20. The molecule has 2 nitrogen and oxygen atoms in total. The van der Waals surface area contributed by atoms with Crippen molar-refractivity contribution in [2.75, 3.05) is 9.80 Å². The molecule has 0 radical (unpaired) electrons. The van der Waals surface area contributed by atoms with Crippen molar-refractivity contribution < 1.29 is 0 Å². The fraction of sp³-hybridized carbons (Fsp3) is 0.0606. The van der Waals surface area contributed by atoms with Gasteiger partial charge in [0.05, 0.1) is 0 Å². The monoisotopic (exact) mass is 872 g/mol. The Bertz CT molecular complexity index is 2980. The molecular formula is C66H52N2. The molecule has 0 bridgehead atoms. The lowest BCUT2D eigenvalue weighted by Gasteiger charge is -2.29. The summed E-state index contributed by atoms with van der Waals surface area (Å²) in [6.45, 7) is 0. The summed E-state index contributed by atoms with van der Waals surface area (Å²) in [6, 6.07) is 87.7. The molecule has 9 aromatic rings. The Morgan fingerprint density at radius 2 is 0.485 bits per heavy atom. The Kier molecular flexibility index (Phi) is 12.1. The van der Waals surface area contributed by atoms with E-state index in [1.165, 1.54) is 67.0 Å². The maximum atomic E-state index is 2.38. The van der Waals surface area contributed by atoms with E-state index in [1.807, 2.05) is 0 Å². The van der Waals surface area contributed by atoms with Crippen LogP contribution in [-0.2, 0) is 0 Å². The first kappa shape index (κ1) is 42.2. The van der Waals surface area contributed by atoms with Crippen LogP contribution in [0, 0.1) is 0 Å². The van der Waals surface area contributed by atoms with Crippen molar-refractivity contribution in [3.05, 3.63) is 302 Å². The molecule has 0 spiro atoms. The van der Waals surface area contributed by atoms with Gasteiger partial charge >= 0.3 is 0 Å². The van der Waals surface area contributed by atoms with E-state index in [9.17, 15) is 0 Å². The largest absolute Gasteiger partial charge is 0.311 e. The van der Waals surface area contributed by atoms with Crippen molar-refractivity contribution in [1.29, 1.82) is 0 Å². The predicted molar refractivity (Wildman–Crippen MR) is 287 cm³/mol. The average molecular weight is 873 g/mol. The average Bonchev–Trinajstić information content (AvgIpc) is 3.43. The molecule has 0 fully saturated rings. The van der Waals surface area contributed by atoms with Gasteiger partial charge in [0.2, 0.25) is 0 Å². The lowest BCUT2D eigenvalue weighted by molar-refractivity contribution is 0.840. The van der Waals surface area contributed by atoms with Crippen LogP contribution in [0.4, 0.5) is 22.7 Å². The number of rotatable bonds is 12. The zero-order chi connectivity index (χ0) is 45.5. The summed E-state index contributed by atoms with van der Waals surface area (Å²) in [5.74, 6) is 0.739. The van der Waals surface area contributed by atoms with E-state index in [0.29, 0.717) is 11.8 Å². The number of hydrogen-bond acceptors (Lipinski definition) is 2. The second-order valence-corrected chi connectivity index (χ2v) is 17.6. The molecule has 2 unspecified atom stereocenters. The van der Waals surface area contributed by atoms with E-state index in [-0.39, 0.29) is 0 Å². The minimum atomic E-state index is 0.370. The Morgan fingerprint density at radius 3 is 0.735 bits per heavy atom. The molecule has 9 aromatic carbocycles. The van der Waals surface area contributed by atoms with Gasteiger partial charge < -0.3 is 9.80 Å². The van der Waals surface area contributed by atoms with E-state index in [2.05, 4.69) is 289 Å². The molecule has 0 saturated heterocycles. The van der Waals surface area contributed by atoms with Crippen LogP contribution in [0.3, 0.4) is 0 Å². The molecule has 2 heteroatoms. The number of nitrogens with zero attached hydrogens (tertiary/aromatic N) is 2. The minimum absolute atomic E-state index is 0.370. The lowest BCUT2D eigenvalue weighted by Crippen LogP contribution is -2.17. The molecule has 2 atom stereocenters. The number of anilines is 4. The first-order valence-corrected chi connectivity index (χ1v) is 23.8. The number of allylic oxidation sites excluding steroid dienone is 6. The zero-order valence-electron chi connectivity index (χ0n) is 38.0. The quantitative estimate of drug-likeness (QED) is 0.121. The van der Waals surface area contributed by atoms with Crippen LogP contribution in [0.5, 0.6) is 0 Å². The van der Waals surface area contributed by atoms with Gasteiger partial charge in [-0.05, 0) is 129 Å². The molecule has 0 amide bonds.